The van der Waals surface area contributed by atoms with Crippen LogP contribution in [0.25, 0.3) is 0 Å². The molecule has 1 aromatic heterocycles. The number of hydrogen-bond donors (Lipinski definition) is 1. The van der Waals surface area contributed by atoms with E-state index in [9.17, 15) is 0 Å². The molecule has 1 atom stereocenters. The summed E-state index contributed by atoms with van der Waals surface area (Å²) in [6, 6.07) is 0. The minimum absolute atomic E-state index is 0.558. The van der Waals surface area contributed by atoms with Crippen LogP contribution < -0.4 is 15.4 Å². The van der Waals surface area contributed by atoms with Gasteiger partial charge in [-0.15, -0.1) is 0 Å². The van der Waals surface area contributed by atoms with Crippen LogP contribution in [0.5, 0.6) is 5.88 Å². The number of piperazine rings is 1. The molecule has 6 nitrogen and oxygen atoms in total. The maximum atomic E-state index is 5.68. The Kier molecular flexibility index (Phi) is 5.55. The minimum Gasteiger partial charge on any atom is -0.477 e. The Morgan fingerprint density at radius 2 is 2.05 bits per heavy atom. The number of nitrogens with zero attached hydrogens (tertiary/aromatic N) is 4. The molecule has 2 rings (SSSR count). The molecule has 1 fully saturated rings. The quantitative estimate of drug-likeness (QED) is 0.822. The SMILES string of the molecule is CCOc1cncc(N2CCN(CC(C)CN)CC2)n1. The van der Waals surface area contributed by atoms with Crippen molar-refractivity contribution < 1.29 is 4.74 Å². The largest absolute Gasteiger partial charge is 0.477 e. The summed E-state index contributed by atoms with van der Waals surface area (Å²) in [5, 5.41) is 0. The smallest absolute Gasteiger partial charge is 0.234 e. The molecule has 0 saturated carbocycles. The maximum Gasteiger partial charge on any atom is 0.234 e. The second kappa shape index (κ2) is 7.40. The molecule has 0 bridgehead atoms. The summed E-state index contributed by atoms with van der Waals surface area (Å²) in [5.74, 6) is 2.06. The highest BCUT2D eigenvalue weighted by Gasteiger charge is 2.19. The van der Waals surface area contributed by atoms with E-state index in [0.717, 1.165) is 45.1 Å². The lowest BCUT2D eigenvalue weighted by Gasteiger charge is -2.36. The van der Waals surface area contributed by atoms with Crippen LogP contribution in [0.1, 0.15) is 13.8 Å². The zero-order valence-corrected chi connectivity index (χ0v) is 12.5. The summed E-state index contributed by atoms with van der Waals surface area (Å²) < 4.78 is 5.40. The van der Waals surface area contributed by atoms with Gasteiger partial charge in [0.05, 0.1) is 19.0 Å². The Balaban J connectivity index is 1.88. The Bertz CT molecular complexity index is 406. The molecule has 0 amide bonds. The van der Waals surface area contributed by atoms with E-state index >= 15 is 0 Å². The van der Waals surface area contributed by atoms with Crippen LogP contribution in [-0.2, 0) is 0 Å². The van der Waals surface area contributed by atoms with Crippen molar-refractivity contribution in [2.75, 3.05) is 50.8 Å². The summed E-state index contributed by atoms with van der Waals surface area (Å²) >= 11 is 0. The maximum absolute atomic E-state index is 5.68. The van der Waals surface area contributed by atoms with Crippen molar-refractivity contribution in [3.63, 3.8) is 0 Å². The van der Waals surface area contributed by atoms with Gasteiger partial charge in [-0.05, 0) is 19.4 Å². The molecule has 0 radical (unpaired) electrons. The van der Waals surface area contributed by atoms with Crippen LogP contribution >= 0.6 is 0 Å². The molecule has 1 aliphatic heterocycles. The van der Waals surface area contributed by atoms with Gasteiger partial charge < -0.3 is 15.4 Å². The molecular formula is C14H25N5O. The predicted molar refractivity (Wildman–Crippen MR) is 80.1 cm³/mol. The molecule has 2 heterocycles. The molecule has 112 valence electrons. The molecule has 2 N–H and O–H groups in total. The second-order valence-electron chi connectivity index (χ2n) is 5.28. The summed E-state index contributed by atoms with van der Waals surface area (Å²) in [6.07, 6.45) is 3.47. The van der Waals surface area contributed by atoms with Gasteiger partial charge in [-0.25, -0.2) is 0 Å². The number of aromatic nitrogens is 2. The molecule has 20 heavy (non-hydrogen) atoms. The number of ether oxygens (including phenoxy) is 1. The van der Waals surface area contributed by atoms with E-state index < -0.39 is 0 Å². The molecule has 1 unspecified atom stereocenters. The van der Waals surface area contributed by atoms with Crippen LogP contribution in [0.3, 0.4) is 0 Å². The van der Waals surface area contributed by atoms with E-state index in [0.29, 0.717) is 18.4 Å². The highest BCUT2D eigenvalue weighted by atomic mass is 16.5. The second-order valence-corrected chi connectivity index (χ2v) is 5.28. The van der Waals surface area contributed by atoms with Crippen LogP contribution in [0.15, 0.2) is 12.4 Å². The lowest BCUT2D eigenvalue weighted by Crippen LogP contribution is -2.48. The number of rotatable bonds is 6. The average molecular weight is 279 g/mol. The highest BCUT2D eigenvalue weighted by Crippen LogP contribution is 2.16. The van der Waals surface area contributed by atoms with E-state index in [2.05, 4.69) is 26.7 Å². The zero-order valence-electron chi connectivity index (χ0n) is 12.5. The highest BCUT2D eigenvalue weighted by molar-refractivity contribution is 5.38. The van der Waals surface area contributed by atoms with Crippen LogP contribution in [0.2, 0.25) is 0 Å². The van der Waals surface area contributed by atoms with E-state index in [1.54, 1.807) is 12.4 Å². The van der Waals surface area contributed by atoms with Crippen molar-refractivity contribution in [2.45, 2.75) is 13.8 Å². The standard InChI is InChI=1S/C14H25N5O/c1-3-20-14-10-16-9-13(17-14)19-6-4-18(5-7-19)11-12(2)8-15/h9-10,12H,3-8,11,15H2,1-2H3. The van der Waals surface area contributed by atoms with Crippen molar-refractivity contribution in [3.8, 4) is 5.88 Å². The first-order valence-corrected chi connectivity index (χ1v) is 7.35. The normalized spacial score (nSPS) is 18.1. The summed E-state index contributed by atoms with van der Waals surface area (Å²) in [6.45, 7) is 10.6. The number of nitrogens with two attached hydrogens (primary N) is 1. The first-order chi connectivity index (χ1) is 9.72. The molecule has 0 aliphatic carbocycles. The molecule has 1 saturated heterocycles. The van der Waals surface area contributed by atoms with E-state index in [-0.39, 0.29) is 0 Å². The van der Waals surface area contributed by atoms with Gasteiger partial charge in [-0.1, -0.05) is 6.92 Å². The van der Waals surface area contributed by atoms with Crippen molar-refractivity contribution in [2.24, 2.45) is 11.7 Å². The Labute approximate surface area is 120 Å². The molecule has 0 aromatic carbocycles. The summed E-state index contributed by atoms with van der Waals surface area (Å²) in [4.78, 5) is 13.4. The monoisotopic (exact) mass is 279 g/mol. The summed E-state index contributed by atoms with van der Waals surface area (Å²) in [7, 11) is 0. The lowest BCUT2D eigenvalue weighted by atomic mass is 10.1. The van der Waals surface area contributed by atoms with Gasteiger partial charge in [0.1, 0.15) is 0 Å². The van der Waals surface area contributed by atoms with E-state index in [1.165, 1.54) is 0 Å². The number of hydrogen-bond acceptors (Lipinski definition) is 6. The molecular weight excluding hydrogens is 254 g/mol. The fourth-order valence-corrected chi connectivity index (χ4v) is 2.38. The van der Waals surface area contributed by atoms with Gasteiger partial charge in [0.15, 0.2) is 5.82 Å². The molecule has 0 spiro atoms. The van der Waals surface area contributed by atoms with Crippen molar-refractivity contribution in [3.05, 3.63) is 12.4 Å². The van der Waals surface area contributed by atoms with Crippen molar-refractivity contribution >= 4 is 5.82 Å². The predicted octanol–water partition coefficient (Wildman–Crippen LogP) is 0.592. The van der Waals surface area contributed by atoms with Crippen LogP contribution in [-0.4, -0.2) is 60.7 Å². The van der Waals surface area contributed by atoms with E-state index in [1.807, 2.05) is 6.92 Å². The third-order valence-electron chi connectivity index (χ3n) is 3.56. The third-order valence-corrected chi connectivity index (χ3v) is 3.56. The van der Waals surface area contributed by atoms with Crippen LogP contribution in [0.4, 0.5) is 5.82 Å². The Morgan fingerprint density at radius 3 is 2.70 bits per heavy atom. The molecule has 1 aromatic rings. The number of anilines is 1. The Morgan fingerprint density at radius 1 is 1.30 bits per heavy atom. The van der Waals surface area contributed by atoms with Gasteiger partial charge >= 0.3 is 0 Å². The summed E-state index contributed by atoms with van der Waals surface area (Å²) in [5.41, 5.74) is 5.68. The average Bonchev–Trinajstić information content (AvgIpc) is 2.48. The van der Waals surface area contributed by atoms with Gasteiger partial charge in [-0.3, -0.25) is 9.88 Å². The first-order valence-electron chi connectivity index (χ1n) is 7.35. The fourth-order valence-electron chi connectivity index (χ4n) is 2.38. The van der Waals surface area contributed by atoms with Crippen LogP contribution in [0, 0.1) is 5.92 Å². The fraction of sp³-hybridized carbons (Fsp3) is 0.714. The van der Waals surface area contributed by atoms with Gasteiger partial charge in [0.25, 0.3) is 0 Å². The van der Waals surface area contributed by atoms with Gasteiger partial charge in [0, 0.05) is 32.7 Å². The first kappa shape index (κ1) is 15.0. The van der Waals surface area contributed by atoms with Gasteiger partial charge in [0.2, 0.25) is 5.88 Å². The van der Waals surface area contributed by atoms with Crippen molar-refractivity contribution in [1.82, 2.24) is 14.9 Å². The minimum atomic E-state index is 0.558. The third kappa shape index (κ3) is 4.05. The Hall–Kier alpha value is -1.40. The topological polar surface area (TPSA) is 67.5 Å². The lowest BCUT2D eigenvalue weighted by molar-refractivity contribution is 0.226. The van der Waals surface area contributed by atoms with Gasteiger partial charge in [-0.2, -0.15) is 4.98 Å². The zero-order chi connectivity index (χ0) is 14.4. The van der Waals surface area contributed by atoms with E-state index in [4.69, 9.17) is 10.5 Å². The van der Waals surface area contributed by atoms with Crippen molar-refractivity contribution in [1.29, 1.82) is 0 Å². The molecule has 1 aliphatic rings. The molecule has 6 heteroatoms.